The van der Waals surface area contributed by atoms with Gasteiger partial charge in [0.2, 0.25) is 0 Å². The average molecular weight is 466 g/mol. The van der Waals surface area contributed by atoms with Crippen molar-refractivity contribution in [2.24, 2.45) is 0 Å². The fourth-order valence-corrected chi connectivity index (χ4v) is 7.36. The van der Waals surface area contributed by atoms with Crippen LogP contribution in [0.1, 0.15) is 69.1 Å². The van der Waals surface area contributed by atoms with Gasteiger partial charge >= 0.3 is 157 Å². The van der Waals surface area contributed by atoms with Crippen LogP contribution >= 0.6 is 0 Å². The van der Waals surface area contributed by atoms with Gasteiger partial charge in [-0.05, 0) is 0 Å². The van der Waals surface area contributed by atoms with Crippen LogP contribution in [0.2, 0.25) is 0 Å². The summed E-state index contributed by atoms with van der Waals surface area (Å²) in [4.78, 5) is 0. The van der Waals surface area contributed by atoms with Crippen molar-refractivity contribution in [1.82, 2.24) is 0 Å². The van der Waals surface area contributed by atoms with Gasteiger partial charge in [0.15, 0.2) is 0 Å². The average Bonchev–Trinajstić information content (AvgIpc) is 2.78. The van der Waals surface area contributed by atoms with Crippen molar-refractivity contribution in [1.29, 1.82) is 0 Å². The van der Waals surface area contributed by atoms with E-state index < -0.39 is 0 Å². The molecule has 0 unspecified atom stereocenters. The molecular weight excluding hydrogens is 435 g/mol. The van der Waals surface area contributed by atoms with Gasteiger partial charge < -0.3 is 37.2 Å². The van der Waals surface area contributed by atoms with Crippen molar-refractivity contribution < 1.29 is 57.7 Å². The van der Waals surface area contributed by atoms with Crippen LogP contribution in [-0.4, -0.2) is 9.52 Å². The molecule has 0 saturated carbocycles. The van der Waals surface area contributed by atoms with Crippen LogP contribution in [0.3, 0.4) is 0 Å². The maximum atomic E-state index is 2.39. The SMILES string of the molecule is CCCCCC1=[C]([Ti+3])C(CC)=C([SiH2]c2c(C)cc(C)cc2C)C1.[Cl-].[Cl-].[Cl-]. The second kappa shape index (κ2) is 13.6. The fraction of sp³-hybridized carbons (Fsp3) is 0.524. The number of hydrogen-bond acceptors (Lipinski definition) is 0. The largest absolute Gasteiger partial charge is 1.00 e. The summed E-state index contributed by atoms with van der Waals surface area (Å²) in [5, 5.41) is 3.52. The standard InChI is InChI=1S/C21H31Si.3ClH.Ti/c1-6-8-9-10-18-13-19(7-2)20(14-18)22-21-16(4)11-15(3)12-17(21)5;;;;/h11-12H,6-10,14,22H2,1-5H3;3*1H;/q;;;;+3/p-3. The summed E-state index contributed by atoms with van der Waals surface area (Å²) in [7, 11) is -0.321. The van der Waals surface area contributed by atoms with E-state index in [0.29, 0.717) is 0 Å². The van der Waals surface area contributed by atoms with Crippen molar-refractivity contribution in [2.45, 2.75) is 73.1 Å². The molecule has 144 valence electrons. The van der Waals surface area contributed by atoms with E-state index in [-0.39, 0.29) is 46.7 Å². The summed E-state index contributed by atoms with van der Waals surface area (Å²) in [6.07, 6.45) is 7.91. The molecule has 0 saturated heterocycles. The second-order valence-electron chi connectivity index (χ2n) is 7.10. The predicted molar refractivity (Wildman–Crippen MR) is 102 cm³/mol. The van der Waals surface area contributed by atoms with Crippen molar-refractivity contribution in [3.63, 3.8) is 0 Å². The minimum absolute atomic E-state index is 0. The third-order valence-electron chi connectivity index (χ3n) is 5.18. The topological polar surface area (TPSA) is 0 Å². The van der Waals surface area contributed by atoms with E-state index in [1.807, 2.05) is 5.20 Å². The molecule has 0 aromatic heterocycles. The van der Waals surface area contributed by atoms with Crippen LogP contribution in [0.5, 0.6) is 0 Å². The first kappa shape index (κ1) is 28.7. The quantitative estimate of drug-likeness (QED) is 0.284. The molecule has 1 aromatic carbocycles. The minimum Gasteiger partial charge on any atom is -1.00 e. The first-order valence-electron chi connectivity index (χ1n) is 9.19. The van der Waals surface area contributed by atoms with Crippen LogP contribution in [0.15, 0.2) is 32.4 Å². The molecule has 1 aliphatic carbocycles. The van der Waals surface area contributed by atoms with Crippen LogP contribution in [-0.2, 0) is 20.4 Å². The maximum Gasteiger partial charge on any atom is -1.00 e. The number of aryl methyl sites for hydroxylation is 3. The van der Waals surface area contributed by atoms with Gasteiger partial charge in [-0.2, -0.15) is 0 Å². The van der Waals surface area contributed by atoms with Gasteiger partial charge in [-0.1, -0.05) is 0 Å². The molecule has 0 N–H and O–H groups in total. The normalized spacial score (nSPS) is 13.8. The number of benzene rings is 1. The van der Waals surface area contributed by atoms with Crippen molar-refractivity contribution >= 4 is 14.7 Å². The van der Waals surface area contributed by atoms with Gasteiger partial charge in [0.25, 0.3) is 0 Å². The second-order valence-corrected chi connectivity index (χ2v) is 9.80. The fourth-order valence-electron chi connectivity index (χ4n) is 3.94. The van der Waals surface area contributed by atoms with Crippen LogP contribution in [0.25, 0.3) is 0 Å². The summed E-state index contributed by atoms with van der Waals surface area (Å²) in [6, 6.07) is 4.75. The van der Waals surface area contributed by atoms with Crippen LogP contribution in [0, 0.1) is 20.8 Å². The summed E-state index contributed by atoms with van der Waals surface area (Å²) < 4.78 is 1.65. The molecule has 5 heteroatoms. The Morgan fingerprint density at radius 3 is 2.04 bits per heavy atom. The van der Waals surface area contributed by atoms with Crippen LogP contribution < -0.4 is 42.4 Å². The maximum absolute atomic E-state index is 2.39. The minimum atomic E-state index is -0.321. The molecular formula is C21H31Cl3SiTi. The molecule has 0 nitrogen and oxygen atoms in total. The van der Waals surface area contributed by atoms with Gasteiger partial charge in [-0.25, -0.2) is 0 Å². The molecule has 0 aliphatic heterocycles. The predicted octanol–water partition coefficient (Wildman–Crippen LogP) is -4.13. The smallest absolute Gasteiger partial charge is 1.00 e. The molecule has 1 aromatic rings. The van der Waals surface area contributed by atoms with Gasteiger partial charge in [-0.3, -0.25) is 0 Å². The van der Waals surface area contributed by atoms with E-state index in [2.05, 4.69) is 67.2 Å². The summed E-state index contributed by atoms with van der Waals surface area (Å²) in [5.41, 5.74) is 7.91. The number of allylic oxidation sites excluding steroid dienone is 4. The zero-order chi connectivity index (χ0) is 17.0. The third kappa shape index (κ3) is 7.15. The van der Waals surface area contributed by atoms with Gasteiger partial charge in [-0.15, -0.1) is 0 Å². The Morgan fingerprint density at radius 1 is 0.962 bits per heavy atom. The Kier molecular flexibility index (Phi) is 15.1. The van der Waals surface area contributed by atoms with Gasteiger partial charge in [0, 0.05) is 0 Å². The molecule has 0 spiro atoms. The van der Waals surface area contributed by atoms with Crippen molar-refractivity contribution in [3.8, 4) is 0 Å². The molecule has 0 fully saturated rings. The van der Waals surface area contributed by atoms with E-state index >= 15 is 0 Å². The van der Waals surface area contributed by atoms with E-state index in [0.717, 1.165) is 0 Å². The van der Waals surface area contributed by atoms with E-state index in [4.69, 9.17) is 0 Å². The molecule has 0 bridgehead atoms. The van der Waals surface area contributed by atoms with E-state index in [1.165, 1.54) is 55.2 Å². The van der Waals surface area contributed by atoms with Crippen molar-refractivity contribution in [3.05, 3.63) is 49.0 Å². The Morgan fingerprint density at radius 2 is 1.54 bits per heavy atom. The zero-order valence-corrected chi connectivity index (χ0v) is 22.0. The first-order valence-corrected chi connectivity index (χ1v) is 11.4. The third-order valence-corrected chi connectivity index (χ3v) is 8.77. The van der Waals surface area contributed by atoms with Gasteiger partial charge in [0.1, 0.15) is 0 Å². The monoisotopic (exact) mass is 464 g/mol. The molecule has 0 atom stereocenters. The number of rotatable bonds is 7. The number of hydrogen-bond donors (Lipinski definition) is 0. The summed E-state index contributed by atoms with van der Waals surface area (Å²) >= 11 is 2.39. The molecule has 26 heavy (non-hydrogen) atoms. The number of halogens is 3. The Balaban J connectivity index is 0. The van der Waals surface area contributed by atoms with E-state index in [9.17, 15) is 0 Å². The summed E-state index contributed by atoms with van der Waals surface area (Å²) in [5.74, 6) is 0. The number of unbranched alkanes of at least 4 members (excludes halogenated alkanes) is 2. The molecule has 2 rings (SSSR count). The van der Waals surface area contributed by atoms with Crippen molar-refractivity contribution in [2.75, 3.05) is 0 Å². The zero-order valence-electron chi connectivity index (χ0n) is 16.7. The Bertz CT molecular complexity index is 628. The van der Waals surface area contributed by atoms with E-state index in [1.54, 1.807) is 20.2 Å². The molecule has 1 aliphatic rings. The Hall–Kier alpha value is 0.501. The molecule has 0 radical (unpaired) electrons. The van der Waals surface area contributed by atoms with Crippen LogP contribution in [0.4, 0.5) is 0 Å². The van der Waals surface area contributed by atoms with Gasteiger partial charge in [0.05, 0.1) is 0 Å². The molecule has 0 amide bonds. The molecule has 0 heterocycles. The Labute approximate surface area is 193 Å². The summed E-state index contributed by atoms with van der Waals surface area (Å²) in [6.45, 7) is 11.5. The first-order chi connectivity index (χ1) is 11.0.